The number of hydrogen-bond acceptors (Lipinski definition) is 4. The Hall–Kier alpha value is -1.47. The predicted octanol–water partition coefficient (Wildman–Crippen LogP) is 2.77. The van der Waals surface area contributed by atoms with Crippen molar-refractivity contribution in [2.24, 2.45) is 0 Å². The van der Waals surface area contributed by atoms with Crippen LogP contribution in [-0.2, 0) is 13.1 Å². The molecule has 1 aromatic rings. The first kappa shape index (κ1) is 14.6. The van der Waals surface area contributed by atoms with Crippen LogP contribution < -0.4 is 0 Å². The quantitative estimate of drug-likeness (QED) is 0.753. The summed E-state index contributed by atoms with van der Waals surface area (Å²) in [5.74, 6) is 1.25. The van der Waals surface area contributed by atoms with Gasteiger partial charge < -0.3 is 0 Å². The molecule has 2 rings (SSSR count). The standard InChI is InChI=1S/C12H16N4.C2H6/c1-8(2)12-10-6-16(5-4-13)7-11(10)14-9(3)15-12;1-2/h8H,5-7H2,1-3H3;1-2H3. The molecule has 0 spiro atoms. The van der Waals surface area contributed by atoms with Crippen molar-refractivity contribution in [3.8, 4) is 6.07 Å². The summed E-state index contributed by atoms with van der Waals surface area (Å²) in [6, 6.07) is 2.19. The van der Waals surface area contributed by atoms with Crippen molar-refractivity contribution < 1.29 is 0 Å². The molecule has 0 aromatic carbocycles. The molecule has 98 valence electrons. The van der Waals surface area contributed by atoms with Gasteiger partial charge in [0.1, 0.15) is 5.82 Å². The van der Waals surface area contributed by atoms with Crippen LogP contribution in [0.25, 0.3) is 0 Å². The Bertz CT molecular complexity index is 446. The van der Waals surface area contributed by atoms with E-state index in [4.69, 9.17) is 5.26 Å². The second kappa shape index (κ2) is 6.46. The van der Waals surface area contributed by atoms with E-state index < -0.39 is 0 Å². The van der Waals surface area contributed by atoms with E-state index in [-0.39, 0.29) is 0 Å². The number of aromatic nitrogens is 2. The summed E-state index contributed by atoms with van der Waals surface area (Å²) in [7, 11) is 0. The number of nitriles is 1. The van der Waals surface area contributed by atoms with Crippen molar-refractivity contribution in [3.05, 3.63) is 22.8 Å². The lowest BCUT2D eigenvalue weighted by Crippen LogP contribution is -2.16. The Balaban J connectivity index is 0.000000771. The molecule has 0 bridgehead atoms. The Kier molecular flexibility index (Phi) is 5.24. The van der Waals surface area contributed by atoms with Gasteiger partial charge in [0.25, 0.3) is 0 Å². The van der Waals surface area contributed by atoms with Crippen LogP contribution in [0, 0.1) is 18.3 Å². The van der Waals surface area contributed by atoms with E-state index in [0.717, 1.165) is 30.3 Å². The normalized spacial score (nSPS) is 13.8. The fourth-order valence-corrected chi connectivity index (χ4v) is 2.16. The van der Waals surface area contributed by atoms with E-state index in [9.17, 15) is 0 Å². The molecular formula is C14H22N4. The van der Waals surface area contributed by atoms with Crippen molar-refractivity contribution in [1.29, 1.82) is 5.26 Å². The third-order valence-corrected chi connectivity index (χ3v) is 2.83. The molecule has 1 aromatic heterocycles. The molecule has 0 fully saturated rings. The molecule has 0 N–H and O–H groups in total. The van der Waals surface area contributed by atoms with Gasteiger partial charge in [0.05, 0.1) is 24.0 Å². The van der Waals surface area contributed by atoms with Gasteiger partial charge in [0, 0.05) is 18.7 Å². The maximum Gasteiger partial charge on any atom is 0.125 e. The highest BCUT2D eigenvalue weighted by Gasteiger charge is 2.25. The summed E-state index contributed by atoms with van der Waals surface area (Å²) in [5.41, 5.74) is 3.48. The topological polar surface area (TPSA) is 52.8 Å². The molecule has 1 aliphatic rings. The van der Waals surface area contributed by atoms with Gasteiger partial charge in [-0.1, -0.05) is 27.7 Å². The minimum atomic E-state index is 0.414. The van der Waals surface area contributed by atoms with E-state index in [1.54, 1.807) is 0 Å². The predicted molar refractivity (Wildman–Crippen MR) is 71.9 cm³/mol. The Labute approximate surface area is 110 Å². The van der Waals surface area contributed by atoms with Crippen molar-refractivity contribution in [2.75, 3.05) is 6.54 Å². The number of fused-ring (bicyclic) bond motifs is 1. The number of rotatable bonds is 2. The maximum absolute atomic E-state index is 8.71. The summed E-state index contributed by atoms with van der Waals surface area (Å²) in [4.78, 5) is 11.1. The van der Waals surface area contributed by atoms with Crippen LogP contribution in [0.5, 0.6) is 0 Å². The minimum absolute atomic E-state index is 0.414. The van der Waals surface area contributed by atoms with E-state index in [0.29, 0.717) is 12.5 Å². The molecule has 0 aliphatic carbocycles. The highest BCUT2D eigenvalue weighted by molar-refractivity contribution is 5.31. The van der Waals surface area contributed by atoms with Crippen molar-refractivity contribution in [2.45, 2.75) is 53.6 Å². The number of aryl methyl sites for hydroxylation is 1. The lowest BCUT2D eigenvalue weighted by atomic mass is 10.0. The zero-order valence-electron chi connectivity index (χ0n) is 12.0. The lowest BCUT2D eigenvalue weighted by molar-refractivity contribution is 0.318. The monoisotopic (exact) mass is 246 g/mol. The molecule has 0 radical (unpaired) electrons. The van der Waals surface area contributed by atoms with Gasteiger partial charge in [-0.2, -0.15) is 5.26 Å². The fourth-order valence-electron chi connectivity index (χ4n) is 2.16. The highest BCUT2D eigenvalue weighted by Crippen LogP contribution is 2.27. The Morgan fingerprint density at radius 2 is 1.94 bits per heavy atom. The van der Waals surface area contributed by atoms with Crippen LogP contribution in [0.4, 0.5) is 0 Å². The Morgan fingerprint density at radius 1 is 1.28 bits per heavy atom. The van der Waals surface area contributed by atoms with Crippen LogP contribution in [0.2, 0.25) is 0 Å². The van der Waals surface area contributed by atoms with Gasteiger partial charge in [-0.05, 0) is 12.8 Å². The summed E-state index contributed by atoms with van der Waals surface area (Å²) in [6.07, 6.45) is 0. The van der Waals surface area contributed by atoms with Crippen LogP contribution in [-0.4, -0.2) is 21.4 Å². The summed E-state index contributed by atoms with van der Waals surface area (Å²) < 4.78 is 0. The third kappa shape index (κ3) is 3.05. The van der Waals surface area contributed by atoms with Gasteiger partial charge in [-0.25, -0.2) is 9.97 Å². The summed E-state index contributed by atoms with van der Waals surface area (Å²) in [5, 5.41) is 8.71. The molecule has 0 saturated heterocycles. The molecule has 18 heavy (non-hydrogen) atoms. The molecule has 0 unspecified atom stereocenters. The van der Waals surface area contributed by atoms with Crippen LogP contribution in [0.1, 0.15) is 56.4 Å². The average Bonchev–Trinajstić information content (AvgIpc) is 2.73. The number of hydrogen-bond donors (Lipinski definition) is 0. The van der Waals surface area contributed by atoms with Crippen molar-refractivity contribution in [1.82, 2.24) is 14.9 Å². The smallest absolute Gasteiger partial charge is 0.125 e. The van der Waals surface area contributed by atoms with Gasteiger partial charge in [0.2, 0.25) is 0 Å². The summed E-state index contributed by atoms with van der Waals surface area (Å²) >= 11 is 0. The van der Waals surface area contributed by atoms with E-state index in [1.807, 2.05) is 20.8 Å². The second-order valence-electron chi connectivity index (χ2n) is 4.54. The molecule has 2 heterocycles. The first-order valence-electron chi connectivity index (χ1n) is 6.57. The number of nitrogens with zero attached hydrogens (tertiary/aromatic N) is 4. The highest BCUT2D eigenvalue weighted by atomic mass is 15.2. The Morgan fingerprint density at radius 3 is 2.50 bits per heavy atom. The van der Waals surface area contributed by atoms with E-state index in [1.165, 1.54) is 5.56 Å². The van der Waals surface area contributed by atoms with Gasteiger partial charge in [0.15, 0.2) is 0 Å². The maximum atomic E-state index is 8.71. The fraction of sp³-hybridized carbons (Fsp3) is 0.643. The zero-order valence-corrected chi connectivity index (χ0v) is 12.0. The molecule has 1 aliphatic heterocycles. The van der Waals surface area contributed by atoms with Crippen molar-refractivity contribution >= 4 is 0 Å². The van der Waals surface area contributed by atoms with Gasteiger partial charge in [-0.15, -0.1) is 0 Å². The van der Waals surface area contributed by atoms with E-state index >= 15 is 0 Å². The second-order valence-corrected chi connectivity index (χ2v) is 4.54. The van der Waals surface area contributed by atoms with Gasteiger partial charge in [-0.3, -0.25) is 4.90 Å². The van der Waals surface area contributed by atoms with Crippen molar-refractivity contribution in [3.63, 3.8) is 0 Å². The third-order valence-electron chi connectivity index (χ3n) is 2.83. The SMILES string of the molecule is CC.Cc1nc2c(c(C(C)C)n1)CN(CC#N)C2. The zero-order chi connectivity index (χ0) is 13.7. The van der Waals surface area contributed by atoms with Crippen LogP contribution >= 0.6 is 0 Å². The molecule has 0 amide bonds. The molecule has 4 nitrogen and oxygen atoms in total. The van der Waals surface area contributed by atoms with E-state index in [2.05, 4.69) is 34.8 Å². The largest absolute Gasteiger partial charge is 0.280 e. The summed E-state index contributed by atoms with van der Waals surface area (Å²) in [6.45, 7) is 12.3. The molecular weight excluding hydrogens is 224 g/mol. The first-order chi connectivity index (χ1) is 8.61. The lowest BCUT2D eigenvalue weighted by Gasteiger charge is -2.11. The minimum Gasteiger partial charge on any atom is -0.280 e. The first-order valence-corrected chi connectivity index (χ1v) is 6.57. The molecule has 4 heteroatoms. The molecule has 0 atom stereocenters. The average molecular weight is 246 g/mol. The molecule has 0 saturated carbocycles. The van der Waals surface area contributed by atoms with Crippen LogP contribution in [0.3, 0.4) is 0 Å². The van der Waals surface area contributed by atoms with Gasteiger partial charge >= 0.3 is 0 Å². The van der Waals surface area contributed by atoms with Crippen LogP contribution in [0.15, 0.2) is 0 Å².